The van der Waals surface area contributed by atoms with Gasteiger partial charge in [0.25, 0.3) is 0 Å². The Bertz CT molecular complexity index is 818. The first kappa shape index (κ1) is 28.4. The number of rotatable bonds is 9. The summed E-state index contributed by atoms with van der Waals surface area (Å²) < 4.78 is 0. The van der Waals surface area contributed by atoms with Crippen molar-refractivity contribution in [3.63, 3.8) is 0 Å². The molecule has 1 N–H and O–H groups in total. The Labute approximate surface area is 191 Å². The van der Waals surface area contributed by atoms with E-state index in [-0.39, 0.29) is 6.61 Å². The van der Waals surface area contributed by atoms with Gasteiger partial charge in [-0.2, -0.15) is 0 Å². The van der Waals surface area contributed by atoms with Gasteiger partial charge in [-0.15, -0.1) is 0 Å². The Kier molecular flexibility index (Phi) is 14.8. The minimum Gasteiger partial charge on any atom is -0.395 e. The van der Waals surface area contributed by atoms with Gasteiger partial charge in [-0.05, 0) is 54.7 Å². The number of hydrogen-bond acceptors (Lipinski definition) is 2. The Morgan fingerprint density at radius 3 is 2.16 bits per heavy atom. The van der Waals surface area contributed by atoms with Gasteiger partial charge in [0.15, 0.2) is 0 Å². The summed E-state index contributed by atoms with van der Waals surface area (Å²) in [7, 11) is 0. The molecular formula is C29H43NO. The lowest BCUT2D eigenvalue weighted by atomic mass is 9.98. The zero-order chi connectivity index (χ0) is 23.8. The molecule has 2 nitrogen and oxygen atoms in total. The molecule has 0 saturated carbocycles. The maximum absolute atomic E-state index is 9.52. The summed E-state index contributed by atoms with van der Waals surface area (Å²) in [6.07, 6.45) is 4.87. The highest BCUT2D eigenvalue weighted by Gasteiger charge is 2.10. The third-order valence-corrected chi connectivity index (χ3v) is 4.90. The van der Waals surface area contributed by atoms with E-state index in [1.54, 1.807) is 0 Å². The summed E-state index contributed by atoms with van der Waals surface area (Å²) >= 11 is 0. The Morgan fingerprint density at radius 1 is 1.00 bits per heavy atom. The van der Waals surface area contributed by atoms with E-state index in [1.807, 2.05) is 52.0 Å². The molecule has 0 saturated heterocycles. The van der Waals surface area contributed by atoms with Crippen LogP contribution < -0.4 is 0 Å². The molecule has 0 unspecified atom stereocenters. The Morgan fingerprint density at radius 2 is 1.61 bits per heavy atom. The molecule has 0 aliphatic rings. The highest BCUT2D eigenvalue weighted by Crippen LogP contribution is 2.21. The number of hydrogen-bond donors (Lipinski definition) is 1. The van der Waals surface area contributed by atoms with Crippen LogP contribution in [0.3, 0.4) is 0 Å². The average Bonchev–Trinajstić information content (AvgIpc) is 2.79. The van der Waals surface area contributed by atoms with E-state index in [4.69, 9.17) is 0 Å². The van der Waals surface area contributed by atoms with Gasteiger partial charge in [0.05, 0.1) is 6.61 Å². The van der Waals surface area contributed by atoms with Gasteiger partial charge in [0.1, 0.15) is 0 Å². The molecule has 0 spiro atoms. The number of aryl methyl sites for hydroxylation is 2. The molecular weight excluding hydrogens is 378 g/mol. The van der Waals surface area contributed by atoms with Crippen LogP contribution in [0.2, 0.25) is 0 Å². The third-order valence-electron chi connectivity index (χ3n) is 4.90. The molecule has 0 bridgehead atoms. The van der Waals surface area contributed by atoms with E-state index >= 15 is 0 Å². The van der Waals surface area contributed by atoms with Crippen LogP contribution in [0.15, 0.2) is 73.0 Å². The molecule has 0 atom stereocenters. The molecule has 0 fully saturated rings. The van der Waals surface area contributed by atoms with Gasteiger partial charge in [-0.25, -0.2) is 0 Å². The van der Waals surface area contributed by atoms with Crippen LogP contribution >= 0.6 is 0 Å². The van der Waals surface area contributed by atoms with Crippen molar-refractivity contribution < 1.29 is 5.11 Å². The number of benzene rings is 2. The minimum atomic E-state index is 0.0980. The predicted octanol–water partition coefficient (Wildman–Crippen LogP) is 7.28. The Balaban J connectivity index is 0.00000212. The molecule has 2 rings (SSSR count). The first-order valence-electron chi connectivity index (χ1n) is 11.4. The fourth-order valence-electron chi connectivity index (χ4n) is 3.22. The minimum absolute atomic E-state index is 0.0980. The van der Waals surface area contributed by atoms with Crippen molar-refractivity contribution in [2.24, 2.45) is 0 Å². The summed E-state index contributed by atoms with van der Waals surface area (Å²) in [4.78, 5) is 2.14. The van der Waals surface area contributed by atoms with E-state index < -0.39 is 0 Å². The van der Waals surface area contributed by atoms with Crippen molar-refractivity contribution in [3.8, 4) is 0 Å². The van der Waals surface area contributed by atoms with Gasteiger partial charge in [-0.3, -0.25) is 0 Å². The van der Waals surface area contributed by atoms with Crippen molar-refractivity contribution in [2.75, 3.05) is 19.7 Å². The second kappa shape index (κ2) is 16.2. The first-order chi connectivity index (χ1) is 14.9. The van der Waals surface area contributed by atoms with Gasteiger partial charge < -0.3 is 10.0 Å². The van der Waals surface area contributed by atoms with Crippen LogP contribution in [-0.4, -0.2) is 29.7 Å². The Hall–Kier alpha value is -2.58. The maximum Gasteiger partial charge on any atom is 0.0606 e. The zero-order valence-electron chi connectivity index (χ0n) is 20.8. The summed E-state index contributed by atoms with van der Waals surface area (Å²) in [6.45, 7) is 24.0. The molecule has 170 valence electrons. The van der Waals surface area contributed by atoms with Crippen LogP contribution in [0.25, 0.3) is 6.08 Å². The second-order valence-electron chi connectivity index (χ2n) is 7.09. The van der Waals surface area contributed by atoms with Crippen LogP contribution in [0.4, 0.5) is 0 Å². The van der Waals surface area contributed by atoms with Crippen LogP contribution in [-0.2, 0) is 6.42 Å². The van der Waals surface area contributed by atoms with Gasteiger partial charge in [0, 0.05) is 25.2 Å². The number of aliphatic hydroxyl groups excluding tert-OH is 1. The molecule has 2 aromatic carbocycles. The van der Waals surface area contributed by atoms with Crippen molar-refractivity contribution in [2.45, 2.75) is 54.9 Å². The van der Waals surface area contributed by atoms with Gasteiger partial charge in [0.2, 0.25) is 0 Å². The topological polar surface area (TPSA) is 23.5 Å². The van der Waals surface area contributed by atoms with E-state index in [2.05, 4.69) is 69.2 Å². The smallest absolute Gasteiger partial charge is 0.0606 e. The lowest BCUT2D eigenvalue weighted by molar-refractivity contribution is 0.233. The summed E-state index contributed by atoms with van der Waals surface area (Å²) in [5.41, 5.74) is 8.40. The van der Waals surface area contributed by atoms with E-state index in [0.29, 0.717) is 13.1 Å². The zero-order valence-corrected chi connectivity index (χ0v) is 20.8. The van der Waals surface area contributed by atoms with E-state index in [0.717, 1.165) is 17.7 Å². The van der Waals surface area contributed by atoms with Gasteiger partial charge >= 0.3 is 0 Å². The van der Waals surface area contributed by atoms with E-state index in [1.165, 1.54) is 27.8 Å². The number of nitrogens with zero attached hydrogens (tertiary/aromatic N) is 1. The van der Waals surface area contributed by atoms with Crippen LogP contribution in [0, 0.1) is 20.8 Å². The normalized spacial score (nSPS) is 10.3. The molecule has 31 heavy (non-hydrogen) atoms. The van der Waals surface area contributed by atoms with Crippen molar-refractivity contribution in [3.05, 3.63) is 101 Å². The quantitative estimate of drug-likeness (QED) is 0.430. The molecule has 0 aliphatic heterocycles. The maximum atomic E-state index is 9.52. The average molecular weight is 422 g/mol. The molecule has 2 aromatic rings. The molecule has 0 amide bonds. The van der Waals surface area contributed by atoms with Crippen molar-refractivity contribution in [1.82, 2.24) is 4.90 Å². The molecule has 0 aliphatic carbocycles. The van der Waals surface area contributed by atoms with Crippen molar-refractivity contribution in [1.29, 1.82) is 0 Å². The highest BCUT2D eigenvalue weighted by atomic mass is 16.3. The van der Waals surface area contributed by atoms with Crippen LogP contribution in [0.5, 0.6) is 0 Å². The largest absolute Gasteiger partial charge is 0.395 e. The first-order valence-corrected chi connectivity index (χ1v) is 11.4. The molecule has 0 aromatic heterocycles. The molecule has 0 radical (unpaired) electrons. The summed E-state index contributed by atoms with van der Waals surface area (Å²) in [5.74, 6) is 0. The number of allylic oxidation sites excluding steroid dienone is 1. The fraction of sp³-hybridized carbons (Fsp3) is 0.379. The van der Waals surface area contributed by atoms with Crippen LogP contribution in [0.1, 0.15) is 55.5 Å². The summed E-state index contributed by atoms with van der Waals surface area (Å²) in [6, 6.07) is 14.7. The molecule has 2 heteroatoms. The monoisotopic (exact) mass is 421 g/mol. The lowest BCUT2D eigenvalue weighted by Gasteiger charge is -2.27. The predicted molar refractivity (Wildman–Crippen MR) is 139 cm³/mol. The standard InChI is InChI=1S/C25H31NO.2C2H6/c1-6-23(17-25-15-19(2)14-20(3)22(25)5)18-26(12-13-27)21(4)16-24-10-8-7-9-11-24;2*1-2/h6-11,14-15,17,27H,1,4,12-13,16,18H2,2-3,5H3;2*1-2H3/b23-17+;;. The number of aliphatic hydroxyl groups is 1. The highest BCUT2D eigenvalue weighted by molar-refractivity contribution is 5.61. The lowest BCUT2D eigenvalue weighted by Crippen LogP contribution is -2.28. The molecule has 0 heterocycles. The van der Waals surface area contributed by atoms with Gasteiger partial charge in [-0.1, -0.05) is 95.0 Å². The fourth-order valence-corrected chi connectivity index (χ4v) is 3.22. The van der Waals surface area contributed by atoms with E-state index in [9.17, 15) is 5.11 Å². The summed E-state index contributed by atoms with van der Waals surface area (Å²) in [5, 5.41) is 9.52. The second-order valence-corrected chi connectivity index (χ2v) is 7.09. The van der Waals surface area contributed by atoms with Crippen molar-refractivity contribution >= 4 is 6.08 Å². The SMILES string of the molecule is C=C/C(=C\c1cc(C)cc(C)c1C)CN(CCO)C(=C)Cc1ccccc1.CC.CC. The third kappa shape index (κ3) is 9.85.